The van der Waals surface area contributed by atoms with Crippen molar-refractivity contribution in [1.29, 1.82) is 0 Å². The molecule has 1 N–H and O–H groups in total. The zero-order valence-corrected chi connectivity index (χ0v) is 11.9. The van der Waals surface area contributed by atoms with E-state index in [1.807, 2.05) is 0 Å². The number of thioether (sulfide) groups is 1. The summed E-state index contributed by atoms with van der Waals surface area (Å²) in [5.41, 5.74) is 0. The van der Waals surface area contributed by atoms with E-state index in [9.17, 15) is 4.79 Å². The Balaban J connectivity index is 2.03. The maximum absolute atomic E-state index is 12.4. The highest BCUT2D eigenvalue weighted by Gasteiger charge is 2.45. The van der Waals surface area contributed by atoms with Gasteiger partial charge in [-0.3, -0.25) is 4.79 Å². The molecule has 2 rings (SSSR count). The van der Waals surface area contributed by atoms with Gasteiger partial charge in [0.15, 0.2) is 0 Å². The van der Waals surface area contributed by atoms with Crippen LogP contribution in [0, 0.1) is 17.8 Å². The Kier molecular flexibility index (Phi) is 4.36. The summed E-state index contributed by atoms with van der Waals surface area (Å²) in [7, 11) is 0. The zero-order valence-electron chi connectivity index (χ0n) is 11.1. The smallest absolute Gasteiger partial charge is 0.226 e. The molecule has 4 atom stereocenters. The number of hydrogen-bond donors (Lipinski definition) is 1. The van der Waals surface area contributed by atoms with E-state index in [0.717, 1.165) is 31.8 Å². The lowest BCUT2D eigenvalue weighted by Crippen LogP contribution is -2.42. The van der Waals surface area contributed by atoms with Crippen molar-refractivity contribution >= 4 is 17.7 Å². The fourth-order valence-electron chi connectivity index (χ4n) is 3.40. The second kappa shape index (κ2) is 5.61. The number of amides is 1. The third-order valence-electron chi connectivity index (χ3n) is 4.26. The first-order valence-corrected chi connectivity index (χ1v) is 8.08. The number of rotatable bonds is 4. The first-order chi connectivity index (χ1) is 8.19. The third kappa shape index (κ3) is 2.48. The average molecular weight is 256 g/mol. The Morgan fingerprint density at radius 3 is 2.94 bits per heavy atom. The second-order valence-corrected chi connectivity index (χ2v) is 6.32. The number of carbonyl (C=O) groups is 1. The molecule has 17 heavy (non-hydrogen) atoms. The van der Waals surface area contributed by atoms with Crippen LogP contribution in [0.15, 0.2) is 0 Å². The minimum atomic E-state index is 0.172. The van der Waals surface area contributed by atoms with Crippen LogP contribution in [0.3, 0.4) is 0 Å². The minimum Gasteiger partial charge on any atom is -0.339 e. The van der Waals surface area contributed by atoms with E-state index >= 15 is 0 Å². The van der Waals surface area contributed by atoms with Crippen LogP contribution >= 0.6 is 11.8 Å². The van der Waals surface area contributed by atoms with Gasteiger partial charge >= 0.3 is 0 Å². The molecule has 0 spiro atoms. The standard InChI is InChI=1S/C13H24N2OS/c1-4-12-11-6-14-5-10(11)7-15(12)13(16)9(2)8-17-3/h9-12,14H,4-8H2,1-3H3. The molecule has 4 heteroatoms. The van der Waals surface area contributed by atoms with Crippen LogP contribution in [-0.2, 0) is 4.79 Å². The van der Waals surface area contributed by atoms with Gasteiger partial charge < -0.3 is 10.2 Å². The number of likely N-dealkylation sites (tertiary alicyclic amines) is 1. The van der Waals surface area contributed by atoms with Gasteiger partial charge in [0.1, 0.15) is 0 Å². The summed E-state index contributed by atoms with van der Waals surface area (Å²) < 4.78 is 0. The van der Waals surface area contributed by atoms with Crippen molar-refractivity contribution in [1.82, 2.24) is 10.2 Å². The molecule has 0 aromatic rings. The van der Waals surface area contributed by atoms with E-state index in [1.165, 1.54) is 0 Å². The molecule has 4 unspecified atom stereocenters. The summed E-state index contributed by atoms with van der Waals surface area (Å²) in [4.78, 5) is 14.6. The highest BCUT2D eigenvalue weighted by molar-refractivity contribution is 7.98. The van der Waals surface area contributed by atoms with E-state index < -0.39 is 0 Å². The van der Waals surface area contributed by atoms with Gasteiger partial charge in [0.25, 0.3) is 0 Å². The Labute approximate surface area is 109 Å². The molecule has 98 valence electrons. The number of fused-ring (bicyclic) bond motifs is 1. The molecule has 3 nitrogen and oxygen atoms in total. The van der Waals surface area contributed by atoms with E-state index in [4.69, 9.17) is 0 Å². The molecule has 2 aliphatic rings. The molecule has 1 amide bonds. The maximum Gasteiger partial charge on any atom is 0.226 e. The summed E-state index contributed by atoms with van der Waals surface area (Å²) in [6.07, 6.45) is 3.17. The lowest BCUT2D eigenvalue weighted by molar-refractivity contribution is -0.135. The van der Waals surface area contributed by atoms with Crippen LogP contribution in [-0.4, -0.2) is 48.5 Å². The highest BCUT2D eigenvalue weighted by atomic mass is 32.2. The monoisotopic (exact) mass is 256 g/mol. The van der Waals surface area contributed by atoms with Gasteiger partial charge in [0.05, 0.1) is 0 Å². The topological polar surface area (TPSA) is 32.3 Å². The van der Waals surface area contributed by atoms with Crippen LogP contribution < -0.4 is 5.32 Å². The predicted octanol–water partition coefficient (Wildman–Crippen LogP) is 1.44. The first-order valence-electron chi connectivity index (χ1n) is 6.69. The van der Waals surface area contributed by atoms with Gasteiger partial charge in [-0.25, -0.2) is 0 Å². The molecule has 2 fully saturated rings. The fourth-order valence-corrected chi connectivity index (χ4v) is 4.05. The van der Waals surface area contributed by atoms with E-state index in [0.29, 0.717) is 23.8 Å². The fraction of sp³-hybridized carbons (Fsp3) is 0.923. The van der Waals surface area contributed by atoms with Crippen LogP contribution in [0.25, 0.3) is 0 Å². The van der Waals surface area contributed by atoms with Crippen LogP contribution in [0.2, 0.25) is 0 Å². The summed E-state index contributed by atoms with van der Waals surface area (Å²) in [6.45, 7) is 7.46. The molecule has 2 heterocycles. The van der Waals surface area contributed by atoms with Crippen LogP contribution in [0.1, 0.15) is 20.3 Å². The molecule has 2 saturated heterocycles. The predicted molar refractivity (Wildman–Crippen MR) is 73.2 cm³/mol. The van der Waals surface area contributed by atoms with E-state index in [-0.39, 0.29) is 5.92 Å². The zero-order chi connectivity index (χ0) is 12.4. The van der Waals surface area contributed by atoms with Crippen LogP contribution in [0.4, 0.5) is 0 Å². The largest absolute Gasteiger partial charge is 0.339 e. The Morgan fingerprint density at radius 1 is 1.53 bits per heavy atom. The second-order valence-electron chi connectivity index (χ2n) is 5.40. The highest BCUT2D eigenvalue weighted by Crippen LogP contribution is 2.35. The molecular weight excluding hydrogens is 232 g/mol. The van der Waals surface area contributed by atoms with Gasteiger partial charge in [-0.2, -0.15) is 11.8 Å². The van der Waals surface area contributed by atoms with E-state index in [1.54, 1.807) is 11.8 Å². The van der Waals surface area contributed by atoms with Crippen molar-refractivity contribution < 1.29 is 4.79 Å². The first kappa shape index (κ1) is 13.2. The molecular formula is C13H24N2OS. The minimum absolute atomic E-state index is 0.172. The summed E-state index contributed by atoms with van der Waals surface area (Å²) >= 11 is 1.77. The average Bonchev–Trinajstić information content (AvgIpc) is 2.87. The van der Waals surface area contributed by atoms with E-state index in [2.05, 4.69) is 30.3 Å². The maximum atomic E-state index is 12.4. The molecule has 0 saturated carbocycles. The van der Waals surface area contributed by atoms with Crippen molar-refractivity contribution in [2.75, 3.05) is 31.6 Å². The van der Waals surface area contributed by atoms with Gasteiger partial charge in [0.2, 0.25) is 5.91 Å². The molecule has 2 aliphatic heterocycles. The van der Waals surface area contributed by atoms with Gasteiger partial charge in [0, 0.05) is 37.3 Å². The molecule has 0 radical (unpaired) electrons. The number of nitrogens with one attached hydrogen (secondary N) is 1. The van der Waals surface area contributed by atoms with Crippen molar-refractivity contribution in [3.05, 3.63) is 0 Å². The summed E-state index contributed by atoms with van der Waals surface area (Å²) in [6, 6.07) is 0.479. The van der Waals surface area contributed by atoms with Gasteiger partial charge in [-0.1, -0.05) is 13.8 Å². The Morgan fingerprint density at radius 2 is 2.29 bits per heavy atom. The Hall–Kier alpha value is -0.220. The number of carbonyl (C=O) groups excluding carboxylic acids is 1. The van der Waals surface area contributed by atoms with Crippen molar-refractivity contribution in [3.63, 3.8) is 0 Å². The van der Waals surface area contributed by atoms with Crippen LogP contribution in [0.5, 0.6) is 0 Å². The van der Waals surface area contributed by atoms with Crippen molar-refractivity contribution in [2.45, 2.75) is 26.3 Å². The van der Waals surface area contributed by atoms with Gasteiger partial charge in [-0.15, -0.1) is 0 Å². The molecule has 0 aliphatic carbocycles. The number of hydrogen-bond acceptors (Lipinski definition) is 3. The molecule has 0 bridgehead atoms. The summed E-state index contributed by atoms with van der Waals surface area (Å²) in [5, 5.41) is 3.46. The molecule has 0 aromatic carbocycles. The normalized spacial score (nSPS) is 33.8. The third-order valence-corrected chi connectivity index (χ3v) is 5.09. The van der Waals surface area contributed by atoms with Gasteiger partial charge in [-0.05, 0) is 24.5 Å². The quantitative estimate of drug-likeness (QED) is 0.826. The lowest BCUT2D eigenvalue weighted by Gasteiger charge is -2.29. The Bertz CT molecular complexity index is 285. The van der Waals surface area contributed by atoms with Crippen molar-refractivity contribution in [2.24, 2.45) is 17.8 Å². The lowest BCUT2D eigenvalue weighted by atomic mass is 9.93. The number of nitrogens with zero attached hydrogens (tertiary/aromatic N) is 1. The van der Waals surface area contributed by atoms with Crippen molar-refractivity contribution in [3.8, 4) is 0 Å². The summed E-state index contributed by atoms with van der Waals surface area (Å²) in [5.74, 6) is 2.89. The molecule has 0 aromatic heterocycles. The SMILES string of the molecule is CCC1C2CNCC2CN1C(=O)C(C)CSC.